The molecule has 1 unspecified atom stereocenters. The van der Waals surface area contributed by atoms with Crippen LogP contribution in [0.1, 0.15) is 48.8 Å². The third kappa shape index (κ3) is 3.54. The van der Waals surface area contributed by atoms with Gasteiger partial charge in [-0.05, 0) is 51.7 Å². The van der Waals surface area contributed by atoms with E-state index in [4.69, 9.17) is 0 Å². The van der Waals surface area contributed by atoms with Gasteiger partial charge in [-0.3, -0.25) is 9.48 Å². The summed E-state index contributed by atoms with van der Waals surface area (Å²) in [5.74, 6) is 0.651. The summed E-state index contributed by atoms with van der Waals surface area (Å²) in [5, 5.41) is 8.32. The molecule has 1 N–H and O–H groups in total. The molecular weight excluding hydrogens is 350 g/mol. The van der Waals surface area contributed by atoms with E-state index in [1.54, 1.807) is 10.9 Å². The predicted molar refractivity (Wildman–Crippen MR) is 110 cm³/mol. The summed E-state index contributed by atoms with van der Waals surface area (Å²) >= 11 is 0. The van der Waals surface area contributed by atoms with Crippen molar-refractivity contribution in [3.8, 4) is 11.3 Å². The highest BCUT2D eigenvalue weighted by Crippen LogP contribution is 2.26. The zero-order chi connectivity index (χ0) is 19.7. The molecule has 0 radical (unpaired) electrons. The largest absolute Gasteiger partial charge is 0.346 e. The van der Waals surface area contributed by atoms with Crippen LogP contribution in [0.4, 0.5) is 0 Å². The van der Waals surface area contributed by atoms with Crippen LogP contribution in [0.3, 0.4) is 0 Å². The molecule has 6 nitrogen and oxygen atoms in total. The summed E-state index contributed by atoms with van der Waals surface area (Å²) in [6.45, 7) is 3.94. The molecule has 3 aromatic rings. The first kappa shape index (κ1) is 18.3. The summed E-state index contributed by atoms with van der Waals surface area (Å²) in [4.78, 5) is 21.7. The molecule has 1 amide bonds. The van der Waals surface area contributed by atoms with E-state index in [0.29, 0.717) is 11.4 Å². The number of carbonyl (C=O) groups is 1. The van der Waals surface area contributed by atoms with Crippen molar-refractivity contribution >= 4 is 16.9 Å². The van der Waals surface area contributed by atoms with Crippen molar-refractivity contribution in [1.29, 1.82) is 0 Å². The van der Waals surface area contributed by atoms with Crippen molar-refractivity contribution in [1.82, 2.24) is 25.1 Å². The quantitative estimate of drug-likeness (QED) is 0.701. The Morgan fingerprint density at radius 2 is 1.96 bits per heavy atom. The Balaban J connectivity index is 1.56. The number of amides is 1. The average Bonchev–Trinajstić information content (AvgIpc) is 3.09. The van der Waals surface area contributed by atoms with Gasteiger partial charge in [-0.15, -0.1) is 0 Å². The van der Waals surface area contributed by atoms with Gasteiger partial charge in [-0.2, -0.15) is 5.10 Å². The lowest BCUT2D eigenvalue weighted by molar-refractivity contribution is 0.0944. The molecule has 1 aliphatic carbocycles. The first-order valence-electron chi connectivity index (χ1n) is 9.79. The van der Waals surface area contributed by atoms with Gasteiger partial charge in [0.05, 0.1) is 17.3 Å². The Bertz CT molecular complexity index is 1050. The van der Waals surface area contributed by atoms with Gasteiger partial charge in [0.25, 0.3) is 5.91 Å². The highest BCUT2D eigenvalue weighted by molar-refractivity contribution is 5.96. The van der Waals surface area contributed by atoms with Crippen molar-refractivity contribution in [2.75, 3.05) is 0 Å². The fraction of sp³-hybridized carbons (Fsp3) is 0.364. The van der Waals surface area contributed by atoms with Crippen LogP contribution >= 0.6 is 0 Å². The molecule has 1 atom stereocenters. The molecule has 0 bridgehead atoms. The number of rotatable bonds is 4. The lowest BCUT2D eigenvalue weighted by atomic mass is 9.94. The number of benzene rings is 1. The van der Waals surface area contributed by atoms with Crippen molar-refractivity contribution in [3.63, 3.8) is 0 Å². The van der Waals surface area contributed by atoms with E-state index in [2.05, 4.69) is 33.4 Å². The minimum absolute atomic E-state index is 0.0454. The van der Waals surface area contributed by atoms with Crippen LogP contribution in [-0.4, -0.2) is 31.7 Å². The summed E-state index contributed by atoms with van der Waals surface area (Å²) < 4.78 is 1.75. The van der Waals surface area contributed by atoms with Gasteiger partial charge in [0, 0.05) is 24.2 Å². The minimum atomic E-state index is -0.0454. The summed E-state index contributed by atoms with van der Waals surface area (Å²) in [7, 11) is 1.87. The van der Waals surface area contributed by atoms with Crippen LogP contribution in [-0.2, 0) is 7.05 Å². The molecule has 1 aliphatic rings. The molecule has 0 fully saturated rings. The molecule has 1 aromatic carbocycles. The molecule has 4 rings (SSSR count). The number of allylic oxidation sites excluding steroid dienone is 1. The fourth-order valence-corrected chi connectivity index (χ4v) is 3.76. The van der Waals surface area contributed by atoms with E-state index < -0.39 is 0 Å². The molecule has 2 heterocycles. The van der Waals surface area contributed by atoms with E-state index >= 15 is 0 Å². The Morgan fingerprint density at radius 3 is 2.68 bits per heavy atom. The minimum Gasteiger partial charge on any atom is -0.346 e. The number of fused-ring (bicyclic) bond motifs is 1. The van der Waals surface area contributed by atoms with Gasteiger partial charge in [0.15, 0.2) is 5.65 Å². The fourth-order valence-electron chi connectivity index (χ4n) is 3.76. The molecule has 0 saturated heterocycles. The third-order valence-electron chi connectivity index (χ3n) is 5.35. The smallest absolute Gasteiger partial charge is 0.251 e. The molecule has 0 saturated carbocycles. The molecule has 6 heteroatoms. The number of carbonyl (C=O) groups excluding carboxylic acids is 1. The van der Waals surface area contributed by atoms with Crippen LogP contribution < -0.4 is 5.32 Å². The molecule has 2 aromatic heterocycles. The van der Waals surface area contributed by atoms with Crippen LogP contribution in [0.15, 0.2) is 42.1 Å². The van der Waals surface area contributed by atoms with E-state index in [9.17, 15) is 4.79 Å². The van der Waals surface area contributed by atoms with Gasteiger partial charge in [0.2, 0.25) is 0 Å². The SMILES string of the molecule is Cc1nc(-c2ccc(C(=O)NC(C)C3=CCCCC3)cc2)c2cnn(C)c2n1. The number of hydrogen-bond donors (Lipinski definition) is 1. The zero-order valence-electron chi connectivity index (χ0n) is 16.6. The number of nitrogens with zero attached hydrogens (tertiary/aromatic N) is 4. The number of hydrogen-bond acceptors (Lipinski definition) is 4. The van der Waals surface area contributed by atoms with Crippen LogP contribution in [0.5, 0.6) is 0 Å². The van der Waals surface area contributed by atoms with E-state index in [0.717, 1.165) is 35.1 Å². The molecule has 144 valence electrons. The Morgan fingerprint density at radius 1 is 1.18 bits per heavy atom. The lowest BCUT2D eigenvalue weighted by Gasteiger charge is -2.21. The van der Waals surface area contributed by atoms with E-state index in [1.165, 1.54) is 18.4 Å². The number of nitrogens with one attached hydrogen (secondary N) is 1. The van der Waals surface area contributed by atoms with Crippen LogP contribution in [0.2, 0.25) is 0 Å². The van der Waals surface area contributed by atoms with Crippen molar-refractivity contribution in [2.45, 2.75) is 45.6 Å². The second-order valence-electron chi connectivity index (χ2n) is 7.42. The zero-order valence-corrected chi connectivity index (χ0v) is 16.6. The van der Waals surface area contributed by atoms with Crippen molar-refractivity contribution in [3.05, 3.63) is 53.5 Å². The van der Waals surface area contributed by atoms with Gasteiger partial charge in [-0.1, -0.05) is 23.8 Å². The standard InChI is InChI=1S/C22H25N5O/c1-14(16-7-5-4-6-8-16)24-22(28)18-11-9-17(10-12-18)20-19-13-23-27(3)21(19)26-15(2)25-20/h7,9-14H,4-6,8H2,1-3H3,(H,24,28). The Kier molecular flexibility index (Phi) is 4.94. The average molecular weight is 375 g/mol. The normalized spacial score (nSPS) is 15.3. The summed E-state index contributed by atoms with van der Waals surface area (Å²) in [6, 6.07) is 7.66. The van der Waals surface area contributed by atoms with Gasteiger partial charge >= 0.3 is 0 Å². The second-order valence-corrected chi connectivity index (χ2v) is 7.42. The van der Waals surface area contributed by atoms with Crippen LogP contribution in [0.25, 0.3) is 22.3 Å². The van der Waals surface area contributed by atoms with Gasteiger partial charge in [-0.25, -0.2) is 9.97 Å². The number of aromatic nitrogens is 4. The molecule has 0 spiro atoms. The first-order chi connectivity index (χ1) is 13.5. The maximum atomic E-state index is 12.6. The molecule has 28 heavy (non-hydrogen) atoms. The van der Waals surface area contributed by atoms with E-state index in [1.807, 2.05) is 38.2 Å². The maximum absolute atomic E-state index is 12.6. The predicted octanol–water partition coefficient (Wildman–Crippen LogP) is 3.96. The van der Waals surface area contributed by atoms with Crippen molar-refractivity contribution in [2.24, 2.45) is 7.05 Å². The highest BCUT2D eigenvalue weighted by Gasteiger charge is 2.16. The third-order valence-corrected chi connectivity index (χ3v) is 5.35. The number of aryl methyl sites for hydroxylation is 2. The van der Waals surface area contributed by atoms with Crippen LogP contribution in [0, 0.1) is 6.92 Å². The lowest BCUT2D eigenvalue weighted by Crippen LogP contribution is -2.34. The highest BCUT2D eigenvalue weighted by atomic mass is 16.1. The maximum Gasteiger partial charge on any atom is 0.251 e. The van der Waals surface area contributed by atoms with Gasteiger partial charge in [0.1, 0.15) is 5.82 Å². The topological polar surface area (TPSA) is 72.7 Å². The Hall–Kier alpha value is -3.02. The second kappa shape index (κ2) is 7.54. The molecular formula is C22H25N5O. The summed E-state index contributed by atoms with van der Waals surface area (Å²) in [6.07, 6.45) is 8.71. The monoisotopic (exact) mass is 375 g/mol. The summed E-state index contributed by atoms with van der Waals surface area (Å²) in [5.41, 5.74) is 4.58. The van der Waals surface area contributed by atoms with E-state index in [-0.39, 0.29) is 11.9 Å². The first-order valence-corrected chi connectivity index (χ1v) is 9.79. The Labute approximate surface area is 164 Å². The van der Waals surface area contributed by atoms with Gasteiger partial charge < -0.3 is 5.32 Å². The molecule has 0 aliphatic heterocycles. The van der Waals surface area contributed by atoms with Crippen molar-refractivity contribution < 1.29 is 4.79 Å².